The van der Waals surface area contributed by atoms with Gasteiger partial charge in [0.25, 0.3) is 12.3 Å². The van der Waals surface area contributed by atoms with Crippen LogP contribution in [0.5, 0.6) is 0 Å². The van der Waals surface area contributed by atoms with Gasteiger partial charge in [0.15, 0.2) is 0 Å². The van der Waals surface area contributed by atoms with Crippen LogP contribution >= 0.6 is 11.3 Å². The number of amides is 1. The summed E-state index contributed by atoms with van der Waals surface area (Å²) in [5.41, 5.74) is 5.72. The van der Waals surface area contributed by atoms with Gasteiger partial charge in [-0.05, 0) is 11.4 Å². The lowest BCUT2D eigenvalue weighted by molar-refractivity contribution is 0.0895. The Morgan fingerprint density at radius 1 is 1.62 bits per heavy atom. The van der Waals surface area contributed by atoms with Gasteiger partial charge in [-0.2, -0.15) is 0 Å². The summed E-state index contributed by atoms with van der Waals surface area (Å²) in [5, 5.41) is 3.80. The first-order chi connectivity index (χ1) is 7.65. The van der Waals surface area contributed by atoms with Gasteiger partial charge in [-0.15, -0.1) is 11.3 Å². The van der Waals surface area contributed by atoms with E-state index in [4.69, 9.17) is 5.73 Å². The fourth-order valence-corrected chi connectivity index (χ4v) is 1.75. The van der Waals surface area contributed by atoms with Crippen LogP contribution in [0.1, 0.15) is 15.2 Å². The van der Waals surface area contributed by atoms with Crippen LogP contribution in [0.25, 0.3) is 0 Å². The quantitative estimate of drug-likeness (QED) is 0.781. The summed E-state index contributed by atoms with van der Waals surface area (Å²) in [6.45, 7) is -0.464. The Bertz CT molecular complexity index is 420. The minimum atomic E-state index is -2.55. The topological polar surface area (TPSA) is 55.1 Å². The van der Waals surface area contributed by atoms with Gasteiger partial charge in [-0.25, -0.2) is 8.78 Å². The van der Waals surface area contributed by atoms with E-state index in [-0.39, 0.29) is 6.54 Å². The van der Waals surface area contributed by atoms with Crippen molar-refractivity contribution in [2.24, 2.45) is 5.73 Å². The number of rotatable bonds is 3. The van der Waals surface area contributed by atoms with E-state index in [1.54, 1.807) is 11.4 Å². The third-order valence-corrected chi connectivity index (χ3v) is 2.53. The molecule has 0 spiro atoms. The number of halogens is 2. The van der Waals surface area contributed by atoms with Crippen LogP contribution in [0.2, 0.25) is 0 Å². The number of carbonyl (C=O) groups excluding carboxylic acids is 1. The molecule has 0 bridgehead atoms. The van der Waals surface area contributed by atoms with Gasteiger partial charge >= 0.3 is 0 Å². The fourth-order valence-electron chi connectivity index (χ4n) is 0.980. The summed E-state index contributed by atoms with van der Waals surface area (Å²) >= 11 is 1.16. The number of thiophene rings is 1. The van der Waals surface area contributed by atoms with Crippen LogP contribution in [0.4, 0.5) is 8.78 Å². The summed E-state index contributed by atoms with van der Waals surface area (Å²) in [7, 11) is 0. The molecule has 1 amide bonds. The summed E-state index contributed by atoms with van der Waals surface area (Å²) in [5.74, 6) is 4.78. The standard InChI is InChI=1S/C10H10F2N2OS/c11-8(12)6-14-10(15)9-7(2-1-4-13)3-5-16-9/h3,5,8H,4,6,13H2,(H,14,15). The predicted molar refractivity (Wildman–Crippen MR) is 58.6 cm³/mol. The summed E-state index contributed by atoms with van der Waals surface area (Å²) in [4.78, 5) is 11.8. The molecule has 16 heavy (non-hydrogen) atoms. The first-order valence-electron chi connectivity index (χ1n) is 4.48. The number of hydrogen-bond acceptors (Lipinski definition) is 3. The van der Waals surface area contributed by atoms with Gasteiger partial charge in [0, 0.05) is 5.56 Å². The lowest BCUT2D eigenvalue weighted by Crippen LogP contribution is -2.28. The zero-order valence-corrected chi connectivity index (χ0v) is 9.11. The van der Waals surface area contributed by atoms with Crippen LogP contribution in [-0.2, 0) is 0 Å². The van der Waals surface area contributed by atoms with Crippen LogP contribution < -0.4 is 11.1 Å². The maximum atomic E-state index is 11.9. The second-order valence-electron chi connectivity index (χ2n) is 2.77. The summed E-state index contributed by atoms with van der Waals surface area (Å²) < 4.78 is 23.8. The van der Waals surface area contributed by atoms with Crippen molar-refractivity contribution in [3.05, 3.63) is 21.9 Å². The first kappa shape index (κ1) is 12.6. The normalized spacial score (nSPS) is 9.75. The van der Waals surface area contributed by atoms with E-state index in [0.29, 0.717) is 10.4 Å². The molecule has 0 aliphatic carbocycles. The van der Waals surface area contributed by atoms with E-state index in [9.17, 15) is 13.6 Å². The molecule has 1 aromatic rings. The predicted octanol–water partition coefficient (Wildman–Crippen LogP) is 1.05. The molecule has 0 radical (unpaired) electrons. The lowest BCUT2D eigenvalue weighted by Gasteiger charge is -2.02. The molecular weight excluding hydrogens is 234 g/mol. The second kappa shape index (κ2) is 6.20. The molecule has 6 heteroatoms. The Morgan fingerprint density at radius 3 is 3.00 bits per heavy atom. The molecule has 0 aromatic carbocycles. The van der Waals surface area contributed by atoms with Gasteiger partial charge in [-0.1, -0.05) is 11.8 Å². The van der Waals surface area contributed by atoms with Gasteiger partial charge < -0.3 is 11.1 Å². The van der Waals surface area contributed by atoms with Crippen molar-refractivity contribution in [3.8, 4) is 11.8 Å². The number of hydrogen-bond donors (Lipinski definition) is 2. The van der Waals surface area contributed by atoms with Crippen molar-refractivity contribution in [3.63, 3.8) is 0 Å². The molecule has 86 valence electrons. The molecule has 1 aromatic heterocycles. The van der Waals surface area contributed by atoms with Crippen molar-refractivity contribution in [1.82, 2.24) is 5.32 Å². The van der Waals surface area contributed by atoms with Crippen LogP contribution in [0.15, 0.2) is 11.4 Å². The van der Waals surface area contributed by atoms with E-state index < -0.39 is 18.9 Å². The van der Waals surface area contributed by atoms with Crippen LogP contribution in [0, 0.1) is 11.8 Å². The first-order valence-corrected chi connectivity index (χ1v) is 5.36. The molecule has 0 saturated carbocycles. The molecule has 0 saturated heterocycles. The van der Waals surface area contributed by atoms with E-state index in [1.807, 2.05) is 0 Å². The Labute approximate surface area is 95.6 Å². The Kier molecular flexibility index (Phi) is 4.89. The zero-order chi connectivity index (χ0) is 12.0. The van der Waals surface area contributed by atoms with E-state index in [2.05, 4.69) is 17.2 Å². The molecule has 0 unspecified atom stereocenters. The smallest absolute Gasteiger partial charge is 0.262 e. The van der Waals surface area contributed by atoms with E-state index in [1.165, 1.54) is 0 Å². The Balaban J connectivity index is 2.72. The highest BCUT2D eigenvalue weighted by atomic mass is 32.1. The van der Waals surface area contributed by atoms with Crippen LogP contribution in [0.3, 0.4) is 0 Å². The summed E-state index contributed by atoms with van der Waals surface area (Å²) in [6, 6.07) is 1.66. The highest BCUT2D eigenvalue weighted by Crippen LogP contribution is 2.15. The third kappa shape index (κ3) is 3.61. The van der Waals surface area contributed by atoms with Crippen molar-refractivity contribution in [1.29, 1.82) is 0 Å². The largest absolute Gasteiger partial charge is 0.346 e. The molecule has 3 N–H and O–H groups in total. The zero-order valence-electron chi connectivity index (χ0n) is 8.30. The van der Waals surface area contributed by atoms with Gasteiger partial charge in [0.1, 0.15) is 4.88 Å². The molecular formula is C10H10F2N2OS. The van der Waals surface area contributed by atoms with Crippen LogP contribution in [-0.4, -0.2) is 25.4 Å². The van der Waals surface area contributed by atoms with Crippen molar-refractivity contribution in [2.45, 2.75) is 6.43 Å². The van der Waals surface area contributed by atoms with Crippen molar-refractivity contribution < 1.29 is 13.6 Å². The molecule has 1 heterocycles. The molecule has 3 nitrogen and oxygen atoms in total. The maximum absolute atomic E-state index is 11.9. The van der Waals surface area contributed by atoms with Crippen molar-refractivity contribution in [2.75, 3.05) is 13.1 Å². The highest BCUT2D eigenvalue weighted by Gasteiger charge is 2.13. The molecule has 0 fully saturated rings. The van der Waals surface area contributed by atoms with Gasteiger partial charge in [-0.3, -0.25) is 4.79 Å². The maximum Gasteiger partial charge on any atom is 0.262 e. The molecule has 0 atom stereocenters. The fraction of sp³-hybridized carbons (Fsp3) is 0.300. The summed E-state index contributed by atoms with van der Waals surface area (Å²) in [6.07, 6.45) is -2.55. The minimum absolute atomic E-state index is 0.188. The number of nitrogens with one attached hydrogen (secondary N) is 1. The molecule has 0 aliphatic rings. The van der Waals surface area contributed by atoms with Crippen molar-refractivity contribution >= 4 is 17.2 Å². The van der Waals surface area contributed by atoms with E-state index in [0.717, 1.165) is 11.3 Å². The third-order valence-electron chi connectivity index (χ3n) is 1.61. The molecule has 1 rings (SSSR count). The number of alkyl halides is 2. The lowest BCUT2D eigenvalue weighted by atomic mass is 10.2. The van der Waals surface area contributed by atoms with Gasteiger partial charge in [0.05, 0.1) is 13.1 Å². The van der Waals surface area contributed by atoms with Gasteiger partial charge in [0.2, 0.25) is 0 Å². The minimum Gasteiger partial charge on any atom is -0.346 e. The number of carbonyl (C=O) groups is 1. The number of nitrogens with two attached hydrogens (primary N) is 1. The average Bonchev–Trinajstić information content (AvgIpc) is 2.71. The van der Waals surface area contributed by atoms with E-state index >= 15 is 0 Å². The Morgan fingerprint density at radius 2 is 2.38 bits per heavy atom. The second-order valence-corrected chi connectivity index (χ2v) is 3.69. The molecule has 0 aliphatic heterocycles. The monoisotopic (exact) mass is 244 g/mol. The Hall–Kier alpha value is -1.45. The highest BCUT2D eigenvalue weighted by molar-refractivity contribution is 7.12. The average molecular weight is 244 g/mol. The SMILES string of the molecule is NCC#Cc1ccsc1C(=O)NCC(F)F.